The van der Waals surface area contributed by atoms with Gasteiger partial charge in [-0.1, -0.05) is 43.7 Å². The molecule has 0 saturated carbocycles. The van der Waals surface area contributed by atoms with E-state index in [0.29, 0.717) is 5.92 Å². The average molecular weight is 303 g/mol. The zero-order valence-electron chi connectivity index (χ0n) is 13.2. The number of nitrogens with one attached hydrogen (secondary N) is 1. The molecule has 21 heavy (non-hydrogen) atoms. The molecule has 0 aliphatic rings. The van der Waals surface area contributed by atoms with Crippen molar-refractivity contribution in [1.82, 2.24) is 15.5 Å². The first-order chi connectivity index (χ1) is 10.1. The van der Waals surface area contributed by atoms with Crippen LogP contribution in [0.4, 0.5) is 0 Å². The van der Waals surface area contributed by atoms with E-state index in [1.54, 1.807) is 11.3 Å². The van der Waals surface area contributed by atoms with Crippen molar-refractivity contribution in [2.24, 2.45) is 5.92 Å². The van der Waals surface area contributed by atoms with Crippen LogP contribution in [0.3, 0.4) is 0 Å². The molecule has 0 unspecified atom stereocenters. The van der Waals surface area contributed by atoms with Crippen molar-refractivity contribution in [3.63, 3.8) is 0 Å². The molecule has 4 heteroatoms. The second-order valence-corrected chi connectivity index (χ2v) is 7.10. The molecule has 0 bridgehead atoms. The first-order valence-corrected chi connectivity index (χ1v) is 8.52. The molecule has 0 radical (unpaired) electrons. The van der Waals surface area contributed by atoms with Crippen LogP contribution in [0.1, 0.15) is 41.4 Å². The van der Waals surface area contributed by atoms with Gasteiger partial charge < -0.3 is 5.32 Å². The summed E-state index contributed by atoms with van der Waals surface area (Å²) in [6.45, 7) is 8.73. The minimum Gasteiger partial charge on any atom is -0.316 e. The molecular weight excluding hydrogens is 278 g/mol. The Morgan fingerprint density at radius 3 is 2.52 bits per heavy atom. The van der Waals surface area contributed by atoms with Crippen molar-refractivity contribution in [3.05, 3.63) is 45.4 Å². The van der Waals surface area contributed by atoms with E-state index in [1.165, 1.54) is 11.1 Å². The van der Waals surface area contributed by atoms with Crippen LogP contribution >= 0.6 is 11.3 Å². The zero-order valence-corrected chi connectivity index (χ0v) is 14.0. The summed E-state index contributed by atoms with van der Waals surface area (Å²) in [5.41, 5.74) is 2.60. The van der Waals surface area contributed by atoms with Crippen molar-refractivity contribution in [3.8, 4) is 0 Å². The van der Waals surface area contributed by atoms with Gasteiger partial charge >= 0.3 is 0 Å². The lowest BCUT2D eigenvalue weighted by Crippen LogP contribution is -2.21. The number of hydrogen-bond acceptors (Lipinski definition) is 4. The van der Waals surface area contributed by atoms with E-state index >= 15 is 0 Å². The summed E-state index contributed by atoms with van der Waals surface area (Å²) in [4.78, 5) is 0. The molecular formula is C17H25N3S. The molecule has 0 saturated heterocycles. The smallest absolute Gasteiger partial charge is 0.121 e. The molecule has 1 aromatic heterocycles. The highest BCUT2D eigenvalue weighted by molar-refractivity contribution is 7.11. The third kappa shape index (κ3) is 5.94. The summed E-state index contributed by atoms with van der Waals surface area (Å²) in [6.07, 6.45) is 3.05. The van der Waals surface area contributed by atoms with E-state index in [0.717, 1.165) is 42.4 Å². The van der Waals surface area contributed by atoms with Gasteiger partial charge in [-0.15, -0.1) is 21.5 Å². The summed E-state index contributed by atoms with van der Waals surface area (Å²) < 4.78 is 0. The Morgan fingerprint density at radius 1 is 1.10 bits per heavy atom. The quantitative estimate of drug-likeness (QED) is 0.757. The van der Waals surface area contributed by atoms with E-state index in [1.807, 2.05) is 0 Å². The van der Waals surface area contributed by atoms with E-state index in [-0.39, 0.29) is 0 Å². The molecule has 1 N–H and O–H groups in total. The summed E-state index contributed by atoms with van der Waals surface area (Å²) in [5.74, 6) is 0.715. The first kappa shape index (κ1) is 16.1. The summed E-state index contributed by atoms with van der Waals surface area (Å²) in [6, 6.07) is 8.65. The monoisotopic (exact) mass is 303 g/mol. The van der Waals surface area contributed by atoms with Gasteiger partial charge in [-0.3, -0.25) is 0 Å². The van der Waals surface area contributed by atoms with Gasteiger partial charge in [0.15, 0.2) is 0 Å². The Morgan fingerprint density at radius 2 is 1.81 bits per heavy atom. The van der Waals surface area contributed by atoms with Gasteiger partial charge in [0.25, 0.3) is 0 Å². The fraction of sp³-hybridized carbons (Fsp3) is 0.529. The highest BCUT2D eigenvalue weighted by atomic mass is 32.1. The maximum Gasteiger partial charge on any atom is 0.121 e. The molecule has 3 nitrogen and oxygen atoms in total. The maximum absolute atomic E-state index is 4.31. The van der Waals surface area contributed by atoms with Gasteiger partial charge in [-0.2, -0.15) is 0 Å². The van der Waals surface area contributed by atoms with Crippen molar-refractivity contribution in [1.29, 1.82) is 0 Å². The van der Waals surface area contributed by atoms with Gasteiger partial charge in [0.2, 0.25) is 0 Å². The molecule has 0 atom stereocenters. The predicted octanol–water partition coefficient (Wildman–Crippen LogP) is 3.62. The Bertz CT molecular complexity index is 531. The Balaban J connectivity index is 1.75. The molecule has 114 valence electrons. The zero-order chi connectivity index (χ0) is 15.1. The summed E-state index contributed by atoms with van der Waals surface area (Å²) in [7, 11) is 0. The minimum atomic E-state index is 0.715. The van der Waals surface area contributed by atoms with E-state index in [2.05, 4.69) is 60.6 Å². The lowest BCUT2D eigenvalue weighted by atomic mass is 10.1. The predicted molar refractivity (Wildman–Crippen MR) is 89.9 cm³/mol. The standard InChI is InChI=1S/C17H25N3S/c1-13(2)12-18-10-4-5-16-19-20-17(21-16)11-15-8-6-14(3)7-9-15/h6-9,13,18H,4-5,10-12H2,1-3H3. The molecule has 0 spiro atoms. The van der Waals surface area contributed by atoms with Crippen LogP contribution in [0.5, 0.6) is 0 Å². The van der Waals surface area contributed by atoms with Crippen LogP contribution < -0.4 is 5.32 Å². The molecule has 1 heterocycles. The second kappa shape index (κ2) is 8.25. The summed E-state index contributed by atoms with van der Waals surface area (Å²) in [5, 5.41) is 14.3. The van der Waals surface area contributed by atoms with Crippen LogP contribution in [-0.2, 0) is 12.8 Å². The molecule has 0 amide bonds. The highest BCUT2D eigenvalue weighted by Gasteiger charge is 2.05. The summed E-state index contributed by atoms with van der Waals surface area (Å²) >= 11 is 1.75. The topological polar surface area (TPSA) is 37.8 Å². The third-order valence-electron chi connectivity index (χ3n) is 3.28. The van der Waals surface area contributed by atoms with Crippen molar-refractivity contribution in [2.45, 2.75) is 40.0 Å². The van der Waals surface area contributed by atoms with Gasteiger partial charge in [0, 0.05) is 12.8 Å². The van der Waals surface area contributed by atoms with Crippen molar-refractivity contribution >= 4 is 11.3 Å². The molecule has 0 aliphatic carbocycles. The van der Waals surface area contributed by atoms with Gasteiger partial charge in [0.05, 0.1) is 0 Å². The Kier molecular flexibility index (Phi) is 6.33. The number of benzene rings is 1. The Labute approximate surface area is 131 Å². The van der Waals surface area contributed by atoms with Crippen LogP contribution in [0.2, 0.25) is 0 Å². The second-order valence-electron chi connectivity index (χ2n) is 5.95. The first-order valence-electron chi connectivity index (χ1n) is 7.71. The van der Waals surface area contributed by atoms with Crippen LogP contribution in [0.15, 0.2) is 24.3 Å². The van der Waals surface area contributed by atoms with E-state index in [4.69, 9.17) is 0 Å². The molecule has 2 rings (SSSR count). The minimum absolute atomic E-state index is 0.715. The largest absolute Gasteiger partial charge is 0.316 e. The van der Waals surface area contributed by atoms with Gasteiger partial charge in [-0.25, -0.2) is 0 Å². The molecule has 2 aromatic rings. The number of aryl methyl sites for hydroxylation is 2. The SMILES string of the molecule is Cc1ccc(Cc2nnc(CCCNCC(C)C)s2)cc1. The van der Waals surface area contributed by atoms with Crippen molar-refractivity contribution in [2.75, 3.05) is 13.1 Å². The third-order valence-corrected chi connectivity index (χ3v) is 4.26. The van der Waals surface area contributed by atoms with Crippen LogP contribution in [0.25, 0.3) is 0 Å². The fourth-order valence-electron chi connectivity index (χ4n) is 2.10. The van der Waals surface area contributed by atoms with Gasteiger partial charge in [-0.05, 0) is 37.9 Å². The van der Waals surface area contributed by atoms with Crippen LogP contribution in [-0.4, -0.2) is 23.3 Å². The number of aromatic nitrogens is 2. The number of rotatable bonds is 8. The van der Waals surface area contributed by atoms with E-state index < -0.39 is 0 Å². The van der Waals surface area contributed by atoms with Gasteiger partial charge in [0.1, 0.15) is 10.0 Å². The molecule has 0 fully saturated rings. The fourth-order valence-corrected chi connectivity index (χ4v) is 3.02. The van der Waals surface area contributed by atoms with Crippen LogP contribution in [0, 0.1) is 12.8 Å². The molecule has 1 aromatic carbocycles. The lowest BCUT2D eigenvalue weighted by Gasteiger charge is -2.05. The molecule has 0 aliphatic heterocycles. The van der Waals surface area contributed by atoms with Crippen molar-refractivity contribution < 1.29 is 0 Å². The maximum atomic E-state index is 4.31. The number of nitrogens with zero attached hydrogens (tertiary/aromatic N) is 2. The lowest BCUT2D eigenvalue weighted by molar-refractivity contribution is 0.542. The van der Waals surface area contributed by atoms with E-state index in [9.17, 15) is 0 Å². The Hall–Kier alpha value is -1.26. The average Bonchev–Trinajstić information content (AvgIpc) is 2.88. The normalized spacial score (nSPS) is 11.2. The number of hydrogen-bond donors (Lipinski definition) is 1. The highest BCUT2D eigenvalue weighted by Crippen LogP contribution is 2.16.